The highest BCUT2D eigenvalue weighted by atomic mass is 16.6. The molecule has 1 aromatic carbocycles. The van der Waals surface area contributed by atoms with Crippen LogP contribution in [0.15, 0.2) is 35.6 Å². The Bertz CT molecular complexity index is 714. The van der Waals surface area contributed by atoms with E-state index in [0.717, 1.165) is 48.3 Å². The number of hydrogen-bond acceptors (Lipinski definition) is 5. The van der Waals surface area contributed by atoms with Gasteiger partial charge in [-0.2, -0.15) is 0 Å². The fourth-order valence-electron chi connectivity index (χ4n) is 3.00. The number of oxime groups is 1. The summed E-state index contributed by atoms with van der Waals surface area (Å²) in [6.45, 7) is 3.82. The molecule has 0 saturated carbocycles. The predicted molar refractivity (Wildman–Crippen MR) is 91.8 cm³/mol. The first-order valence-electron chi connectivity index (χ1n) is 8.02. The number of ether oxygens (including phenoxy) is 1. The number of benzene rings is 1. The van der Waals surface area contributed by atoms with Gasteiger partial charge in [-0.25, -0.2) is 0 Å². The molecule has 1 atom stereocenters. The molecule has 3 rings (SSSR count). The monoisotopic (exact) mass is 313 g/mol. The smallest absolute Gasteiger partial charge is 0.145 e. The lowest BCUT2D eigenvalue weighted by Crippen LogP contribution is -2.29. The van der Waals surface area contributed by atoms with Crippen molar-refractivity contribution in [2.45, 2.75) is 32.4 Å². The SMILES string of the molecule is CCC1=NO[C@H](CN(C)Cc2ccc(OC)c3ncccc23)C1. The van der Waals surface area contributed by atoms with E-state index in [1.54, 1.807) is 13.3 Å². The average Bonchev–Trinajstić information content (AvgIpc) is 3.02. The van der Waals surface area contributed by atoms with E-state index in [2.05, 4.69) is 41.1 Å². The Labute approximate surface area is 136 Å². The van der Waals surface area contributed by atoms with Gasteiger partial charge in [-0.15, -0.1) is 0 Å². The third-order valence-electron chi connectivity index (χ3n) is 4.20. The van der Waals surface area contributed by atoms with Crippen LogP contribution in [0.5, 0.6) is 5.75 Å². The van der Waals surface area contributed by atoms with Gasteiger partial charge in [-0.1, -0.05) is 24.2 Å². The molecule has 0 fully saturated rings. The van der Waals surface area contributed by atoms with Crippen LogP contribution in [0.3, 0.4) is 0 Å². The van der Waals surface area contributed by atoms with Crippen LogP contribution in [0.25, 0.3) is 10.9 Å². The quantitative estimate of drug-likeness (QED) is 0.821. The van der Waals surface area contributed by atoms with Gasteiger partial charge < -0.3 is 9.57 Å². The van der Waals surface area contributed by atoms with E-state index >= 15 is 0 Å². The number of rotatable bonds is 6. The summed E-state index contributed by atoms with van der Waals surface area (Å²) in [6, 6.07) is 8.16. The van der Waals surface area contributed by atoms with Gasteiger partial charge in [-0.3, -0.25) is 9.88 Å². The summed E-state index contributed by atoms with van der Waals surface area (Å²) in [5, 5.41) is 5.27. The van der Waals surface area contributed by atoms with Crippen molar-refractivity contribution < 1.29 is 9.57 Å². The van der Waals surface area contributed by atoms with Crippen molar-refractivity contribution in [1.29, 1.82) is 0 Å². The summed E-state index contributed by atoms with van der Waals surface area (Å²) in [4.78, 5) is 12.2. The van der Waals surface area contributed by atoms with Gasteiger partial charge in [0.25, 0.3) is 0 Å². The molecule has 1 aliphatic heterocycles. The molecular formula is C18H23N3O2. The number of nitrogens with zero attached hydrogens (tertiary/aromatic N) is 3. The fourth-order valence-corrected chi connectivity index (χ4v) is 3.00. The van der Waals surface area contributed by atoms with E-state index in [9.17, 15) is 0 Å². The third kappa shape index (κ3) is 3.45. The Morgan fingerprint density at radius 2 is 2.22 bits per heavy atom. The maximum Gasteiger partial charge on any atom is 0.145 e. The van der Waals surface area contributed by atoms with Crippen LogP contribution in [0.1, 0.15) is 25.3 Å². The minimum atomic E-state index is 0.164. The molecule has 2 heterocycles. The summed E-state index contributed by atoms with van der Waals surface area (Å²) in [6.07, 6.45) is 3.87. The zero-order chi connectivity index (χ0) is 16.2. The minimum absolute atomic E-state index is 0.164. The van der Waals surface area contributed by atoms with Gasteiger partial charge in [0.05, 0.1) is 12.8 Å². The Balaban J connectivity index is 1.72. The normalized spacial score (nSPS) is 17.4. The van der Waals surface area contributed by atoms with Crippen LogP contribution >= 0.6 is 0 Å². The highest BCUT2D eigenvalue weighted by molar-refractivity contribution is 5.87. The lowest BCUT2D eigenvalue weighted by atomic mass is 10.1. The summed E-state index contributed by atoms with van der Waals surface area (Å²) in [7, 11) is 3.79. The van der Waals surface area contributed by atoms with E-state index in [1.807, 2.05) is 12.1 Å². The number of likely N-dealkylation sites (N-methyl/N-ethyl adjacent to an activating group) is 1. The van der Waals surface area contributed by atoms with Crippen LogP contribution in [-0.4, -0.2) is 42.4 Å². The summed E-state index contributed by atoms with van der Waals surface area (Å²) in [5.41, 5.74) is 3.31. The van der Waals surface area contributed by atoms with Crippen LogP contribution in [0, 0.1) is 0 Å². The number of aromatic nitrogens is 1. The van der Waals surface area contributed by atoms with E-state index < -0.39 is 0 Å². The molecule has 5 nitrogen and oxygen atoms in total. The van der Waals surface area contributed by atoms with Gasteiger partial charge in [0.15, 0.2) is 0 Å². The Morgan fingerprint density at radius 1 is 1.35 bits per heavy atom. The van der Waals surface area contributed by atoms with Crippen molar-refractivity contribution in [2.24, 2.45) is 5.16 Å². The van der Waals surface area contributed by atoms with Crippen molar-refractivity contribution in [3.8, 4) is 5.75 Å². The zero-order valence-corrected chi connectivity index (χ0v) is 14.0. The van der Waals surface area contributed by atoms with Crippen molar-refractivity contribution in [2.75, 3.05) is 20.7 Å². The first kappa shape index (κ1) is 15.7. The molecule has 0 aliphatic carbocycles. The van der Waals surface area contributed by atoms with Crippen molar-refractivity contribution >= 4 is 16.6 Å². The Morgan fingerprint density at radius 3 is 2.96 bits per heavy atom. The molecule has 1 aromatic heterocycles. The molecule has 0 amide bonds. The van der Waals surface area contributed by atoms with E-state index in [4.69, 9.17) is 9.57 Å². The molecule has 0 bridgehead atoms. The molecule has 0 unspecified atom stereocenters. The van der Waals surface area contributed by atoms with Crippen LogP contribution in [-0.2, 0) is 11.4 Å². The number of pyridine rings is 1. The number of methoxy groups -OCH3 is 1. The van der Waals surface area contributed by atoms with Crippen molar-refractivity contribution in [3.63, 3.8) is 0 Å². The molecule has 0 spiro atoms. The van der Waals surface area contributed by atoms with E-state index in [1.165, 1.54) is 5.56 Å². The summed E-state index contributed by atoms with van der Waals surface area (Å²) >= 11 is 0. The second-order valence-corrected chi connectivity index (χ2v) is 5.97. The van der Waals surface area contributed by atoms with Gasteiger partial charge in [0, 0.05) is 31.1 Å². The second kappa shape index (κ2) is 6.96. The van der Waals surface area contributed by atoms with E-state index in [-0.39, 0.29) is 6.10 Å². The lowest BCUT2D eigenvalue weighted by molar-refractivity contribution is 0.0577. The van der Waals surface area contributed by atoms with Crippen LogP contribution in [0.4, 0.5) is 0 Å². The second-order valence-electron chi connectivity index (χ2n) is 5.97. The molecule has 0 radical (unpaired) electrons. The van der Waals surface area contributed by atoms with Crippen molar-refractivity contribution in [3.05, 3.63) is 36.0 Å². The minimum Gasteiger partial charge on any atom is -0.494 e. The Kier molecular flexibility index (Phi) is 4.76. The fraction of sp³-hybridized carbons (Fsp3) is 0.444. The van der Waals surface area contributed by atoms with Crippen LogP contribution < -0.4 is 4.74 Å². The van der Waals surface area contributed by atoms with Gasteiger partial charge in [0.2, 0.25) is 0 Å². The summed E-state index contributed by atoms with van der Waals surface area (Å²) < 4.78 is 5.41. The number of fused-ring (bicyclic) bond motifs is 1. The average molecular weight is 313 g/mol. The zero-order valence-electron chi connectivity index (χ0n) is 14.0. The third-order valence-corrected chi connectivity index (χ3v) is 4.20. The molecule has 0 saturated heterocycles. The lowest BCUT2D eigenvalue weighted by Gasteiger charge is -2.20. The molecule has 1 aliphatic rings. The molecule has 5 heteroatoms. The first-order chi connectivity index (χ1) is 11.2. The standard InChI is InChI=1S/C18H23N3O2/c1-4-14-10-15(23-20-14)12-21(2)11-13-7-8-17(22-3)18-16(13)6-5-9-19-18/h5-9,15H,4,10-12H2,1-3H3/t15-/m0/s1. The highest BCUT2D eigenvalue weighted by Crippen LogP contribution is 2.27. The van der Waals surface area contributed by atoms with Gasteiger partial charge >= 0.3 is 0 Å². The molecule has 2 aromatic rings. The number of hydrogen-bond donors (Lipinski definition) is 0. The molecule has 122 valence electrons. The Hall–Kier alpha value is -2.14. The summed E-state index contributed by atoms with van der Waals surface area (Å²) in [5.74, 6) is 0.812. The molecule has 0 N–H and O–H groups in total. The molecular weight excluding hydrogens is 290 g/mol. The maximum atomic E-state index is 5.50. The predicted octanol–water partition coefficient (Wildman–Crippen LogP) is 3.23. The molecule has 23 heavy (non-hydrogen) atoms. The highest BCUT2D eigenvalue weighted by Gasteiger charge is 2.21. The van der Waals surface area contributed by atoms with Gasteiger partial charge in [-0.05, 0) is 31.2 Å². The van der Waals surface area contributed by atoms with E-state index in [0.29, 0.717) is 0 Å². The van der Waals surface area contributed by atoms with Crippen molar-refractivity contribution in [1.82, 2.24) is 9.88 Å². The topological polar surface area (TPSA) is 47.0 Å². The van der Waals surface area contributed by atoms with Gasteiger partial charge in [0.1, 0.15) is 17.4 Å². The maximum absolute atomic E-state index is 5.50. The van der Waals surface area contributed by atoms with Crippen LogP contribution in [0.2, 0.25) is 0 Å². The largest absolute Gasteiger partial charge is 0.494 e. The first-order valence-corrected chi connectivity index (χ1v) is 8.02.